The van der Waals surface area contributed by atoms with Gasteiger partial charge in [0.25, 0.3) is 0 Å². The van der Waals surface area contributed by atoms with Gasteiger partial charge >= 0.3 is 0 Å². The summed E-state index contributed by atoms with van der Waals surface area (Å²) in [4.78, 5) is 0. The molecule has 1 aromatic rings. The van der Waals surface area contributed by atoms with Crippen LogP contribution >= 0.6 is 11.6 Å². The summed E-state index contributed by atoms with van der Waals surface area (Å²) < 4.78 is 6.29. The minimum Gasteiger partial charge on any atom is -0.369 e. The van der Waals surface area contributed by atoms with E-state index in [2.05, 4.69) is 52.1 Å². The van der Waals surface area contributed by atoms with Crippen LogP contribution in [0.3, 0.4) is 0 Å². The average molecular weight is 310 g/mol. The Hall–Kier alpha value is -0.570. The number of hydrogen-bond acceptors (Lipinski definition) is 2. The van der Waals surface area contributed by atoms with E-state index < -0.39 is 0 Å². The number of benzene rings is 1. The quantitative estimate of drug-likeness (QED) is 0.828. The van der Waals surface area contributed by atoms with E-state index in [1.807, 2.05) is 12.1 Å². The molecular weight excluding hydrogens is 282 g/mol. The predicted molar refractivity (Wildman–Crippen MR) is 89.8 cm³/mol. The van der Waals surface area contributed by atoms with Crippen LogP contribution < -0.4 is 5.32 Å². The van der Waals surface area contributed by atoms with E-state index in [0.717, 1.165) is 24.4 Å². The summed E-state index contributed by atoms with van der Waals surface area (Å²) >= 11 is 6.20. The highest BCUT2D eigenvalue weighted by molar-refractivity contribution is 6.30. The van der Waals surface area contributed by atoms with Gasteiger partial charge in [-0.25, -0.2) is 0 Å². The predicted octanol–water partition coefficient (Wildman–Crippen LogP) is 4.97. The maximum absolute atomic E-state index is 6.29. The highest BCUT2D eigenvalue weighted by Crippen LogP contribution is 2.47. The summed E-state index contributed by atoms with van der Waals surface area (Å²) in [6, 6.07) is 8.49. The van der Waals surface area contributed by atoms with Gasteiger partial charge in [-0.05, 0) is 64.8 Å². The summed E-state index contributed by atoms with van der Waals surface area (Å²) in [6.07, 6.45) is 2.17. The summed E-state index contributed by atoms with van der Waals surface area (Å²) in [5, 5.41) is 4.51. The van der Waals surface area contributed by atoms with Crippen LogP contribution in [0.25, 0.3) is 0 Å². The first-order valence-corrected chi connectivity index (χ1v) is 8.32. The summed E-state index contributed by atoms with van der Waals surface area (Å²) in [6.45, 7) is 12.0. The van der Waals surface area contributed by atoms with Crippen molar-refractivity contribution in [3.05, 3.63) is 34.9 Å². The lowest BCUT2D eigenvalue weighted by Gasteiger charge is -2.34. The van der Waals surface area contributed by atoms with Crippen LogP contribution in [0, 0.1) is 5.92 Å². The third-order valence-electron chi connectivity index (χ3n) is 4.37. The van der Waals surface area contributed by atoms with Crippen LogP contribution in [-0.4, -0.2) is 17.7 Å². The van der Waals surface area contributed by atoms with Gasteiger partial charge < -0.3 is 10.1 Å². The van der Waals surface area contributed by atoms with E-state index in [9.17, 15) is 0 Å². The third kappa shape index (κ3) is 4.00. The molecule has 1 aliphatic rings. The molecule has 3 heteroatoms. The monoisotopic (exact) mass is 309 g/mol. The number of halogens is 1. The first kappa shape index (κ1) is 16.8. The second-order valence-electron chi connectivity index (χ2n) is 7.26. The smallest absolute Gasteiger partial charge is 0.0681 e. The molecule has 1 fully saturated rings. The third-order valence-corrected chi connectivity index (χ3v) is 4.60. The highest BCUT2D eigenvalue weighted by atomic mass is 35.5. The molecule has 1 aromatic carbocycles. The summed E-state index contributed by atoms with van der Waals surface area (Å²) in [5.74, 6) is 0.428. The molecular formula is C18H28ClNO. The molecule has 1 saturated heterocycles. The normalized spacial score (nSPS) is 25.0. The largest absolute Gasteiger partial charge is 0.369 e. The molecule has 0 aromatic heterocycles. The molecule has 2 rings (SSSR count). The molecule has 0 radical (unpaired) electrons. The number of hydrogen-bond donors (Lipinski definition) is 1. The molecule has 1 aliphatic heterocycles. The van der Waals surface area contributed by atoms with Crippen molar-refractivity contribution >= 4 is 11.6 Å². The standard InChI is InChI=1S/C18H28ClNO/c1-6-10-20-16(13-8-7-9-14(19)11-13)15-12-17(2,3)21-18(15,4)5/h7-9,11,15-16,20H,6,10,12H2,1-5H3. The van der Waals surface area contributed by atoms with Gasteiger partial charge in [-0.2, -0.15) is 0 Å². The van der Waals surface area contributed by atoms with Gasteiger partial charge in [0.15, 0.2) is 0 Å². The van der Waals surface area contributed by atoms with Crippen molar-refractivity contribution in [2.75, 3.05) is 6.54 Å². The molecule has 21 heavy (non-hydrogen) atoms. The van der Waals surface area contributed by atoms with Crippen LogP contribution in [0.5, 0.6) is 0 Å². The van der Waals surface area contributed by atoms with E-state index in [4.69, 9.17) is 16.3 Å². The molecule has 0 bridgehead atoms. The van der Waals surface area contributed by atoms with Gasteiger partial charge in [0, 0.05) is 17.0 Å². The van der Waals surface area contributed by atoms with Crippen LogP contribution in [0.4, 0.5) is 0 Å². The maximum atomic E-state index is 6.29. The fourth-order valence-electron chi connectivity index (χ4n) is 3.62. The Morgan fingerprint density at radius 3 is 2.57 bits per heavy atom. The Morgan fingerprint density at radius 2 is 2.05 bits per heavy atom. The Kier molecular flexibility index (Phi) is 5.02. The van der Waals surface area contributed by atoms with Crippen molar-refractivity contribution in [3.8, 4) is 0 Å². The molecule has 0 aliphatic carbocycles. The molecule has 0 saturated carbocycles. The zero-order chi connectivity index (χ0) is 15.7. The van der Waals surface area contributed by atoms with Crippen molar-refractivity contribution in [3.63, 3.8) is 0 Å². The van der Waals surface area contributed by atoms with Crippen LogP contribution in [0.2, 0.25) is 5.02 Å². The molecule has 2 unspecified atom stereocenters. The van der Waals surface area contributed by atoms with Crippen molar-refractivity contribution in [2.24, 2.45) is 5.92 Å². The molecule has 118 valence electrons. The minimum atomic E-state index is -0.142. The fourth-order valence-corrected chi connectivity index (χ4v) is 3.82. The van der Waals surface area contributed by atoms with Gasteiger partial charge in [0.1, 0.15) is 0 Å². The van der Waals surface area contributed by atoms with E-state index in [1.54, 1.807) is 0 Å². The van der Waals surface area contributed by atoms with E-state index >= 15 is 0 Å². The van der Waals surface area contributed by atoms with E-state index in [0.29, 0.717) is 5.92 Å². The number of nitrogens with one attached hydrogen (secondary N) is 1. The molecule has 1 heterocycles. The Labute approximate surface area is 134 Å². The number of rotatable bonds is 5. The van der Waals surface area contributed by atoms with Gasteiger partial charge in [-0.1, -0.05) is 30.7 Å². The van der Waals surface area contributed by atoms with Crippen LogP contribution in [0.1, 0.15) is 59.1 Å². The number of ether oxygens (including phenoxy) is 1. The molecule has 0 amide bonds. The average Bonchev–Trinajstić information content (AvgIpc) is 2.58. The van der Waals surface area contributed by atoms with Crippen molar-refractivity contribution in [2.45, 2.75) is 64.7 Å². The van der Waals surface area contributed by atoms with E-state index in [-0.39, 0.29) is 17.2 Å². The molecule has 0 spiro atoms. The van der Waals surface area contributed by atoms with Crippen molar-refractivity contribution in [1.82, 2.24) is 5.32 Å². The fraction of sp³-hybridized carbons (Fsp3) is 0.667. The van der Waals surface area contributed by atoms with Gasteiger partial charge in [-0.15, -0.1) is 0 Å². The Bertz CT molecular complexity index is 484. The highest BCUT2D eigenvalue weighted by Gasteiger charge is 2.49. The summed E-state index contributed by atoms with van der Waals surface area (Å²) in [5.41, 5.74) is 1.05. The zero-order valence-corrected chi connectivity index (χ0v) is 14.6. The second kappa shape index (κ2) is 6.28. The van der Waals surface area contributed by atoms with Crippen LogP contribution in [0.15, 0.2) is 24.3 Å². The first-order valence-electron chi connectivity index (χ1n) is 7.94. The lowest BCUT2D eigenvalue weighted by atomic mass is 9.79. The maximum Gasteiger partial charge on any atom is 0.0681 e. The van der Waals surface area contributed by atoms with Gasteiger partial charge in [0.2, 0.25) is 0 Å². The molecule has 1 N–H and O–H groups in total. The minimum absolute atomic E-state index is 0.0705. The molecule has 2 nitrogen and oxygen atoms in total. The zero-order valence-electron chi connectivity index (χ0n) is 13.9. The lowest BCUT2D eigenvalue weighted by molar-refractivity contribution is -0.0778. The summed E-state index contributed by atoms with van der Waals surface area (Å²) in [7, 11) is 0. The first-order chi connectivity index (χ1) is 9.75. The van der Waals surface area contributed by atoms with E-state index in [1.165, 1.54) is 5.56 Å². The van der Waals surface area contributed by atoms with Crippen molar-refractivity contribution in [1.29, 1.82) is 0 Å². The molecule has 2 atom stereocenters. The van der Waals surface area contributed by atoms with Gasteiger partial charge in [-0.3, -0.25) is 0 Å². The Morgan fingerprint density at radius 1 is 1.33 bits per heavy atom. The van der Waals surface area contributed by atoms with Crippen molar-refractivity contribution < 1.29 is 4.74 Å². The van der Waals surface area contributed by atoms with Gasteiger partial charge in [0.05, 0.1) is 11.2 Å². The topological polar surface area (TPSA) is 21.3 Å². The lowest BCUT2D eigenvalue weighted by Crippen LogP contribution is -2.38. The van der Waals surface area contributed by atoms with Crippen LogP contribution in [-0.2, 0) is 4.74 Å². The Balaban J connectivity index is 2.32. The second-order valence-corrected chi connectivity index (χ2v) is 7.70. The SMILES string of the molecule is CCCNC(c1cccc(Cl)c1)C1CC(C)(C)OC1(C)C.